The molecule has 0 saturated heterocycles. The minimum atomic E-state index is 0.491. The molecule has 0 amide bonds. The van der Waals surface area contributed by atoms with Crippen LogP contribution in [0.4, 0.5) is 11.4 Å². The first kappa shape index (κ1) is 18.5. The van der Waals surface area contributed by atoms with E-state index in [-0.39, 0.29) is 0 Å². The van der Waals surface area contributed by atoms with Crippen molar-refractivity contribution in [3.63, 3.8) is 0 Å². The lowest BCUT2D eigenvalue weighted by atomic mass is 10.1. The van der Waals surface area contributed by atoms with Gasteiger partial charge >= 0.3 is 0 Å². The summed E-state index contributed by atoms with van der Waals surface area (Å²) in [6.45, 7) is 6.47. The molecule has 134 valence electrons. The van der Waals surface area contributed by atoms with E-state index >= 15 is 0 Å². The van der Waals surface area contributed by atoms with Crippen molar-refractivity contribution < 1.29 is 4.52 Å². The highest BCUT2D eigenvalue weighted by Gasteiger charge is 2.11. The lowest BCUT2D eigenvalue weighted by Gasteiger charge is -2.12. The number of halogens is 2. The Hall–Kier alpha value is -2.30. The van der Waals surface area contributed by atoms with Gasteiger partial charge in [-0.2, -0.15) is 0 Å². The highest BCUT2D eigenvalue weighted by molar-refractivity contribution is 6.42. The molecule has 1 N–H and O–H groups in total. The van der Waals surface area contributed by atoms with Crippen molar-refractivity contribution in [1.82, 2.24) is 5.16 Å². The molecule has 1 heterocycles. The van der Waals surface area contributed by atoms with Gasteiger partial charge in [0.2, 0.25) is 0 Å². The zero-order valence-corrected chi connectivity index (χ0v) is 16.3. The summed E-state index contributed by atoms with van der Waals surface area (Å²) in [7, 11) is 0. The molecule has 0 unspecified atom stereocenters. The molecule has 0 radical (unpaired) electrons. The molecular formula is C20H19Cl2N3O. The van der Waals surface area contributed by atoms with Crippen LogP contribution in [-0.4, -0.2) is 10.9 Å². The van der Waals surface area contributed by atoms with Crippen molar-refractivity contribution in [2.75, 3.05) is 5.32 Å². The first-order valence-electron chi connectivity index (χ1n) is 8.21. The lowest BCUT2D eigenvalue weighted by Crippen LogP contribution is -2.06. The Kier molecular flexibility index (Phi) is 5.64. The van der Waals surface area contributed by atoms with Gasteiger partial charge in [0, 0.05) is 29.1 Å². The van der Waals surface area contributed by atoms with Crippen LogP contribution in [0, 0.1) is 13.8 Å². The molecular weight excluding hydrogens is 369 g/mol. The Morgan fingerprint density at radius 2 is 1.88 bits per heavy atom. The molecule has 3 rings (SSSR count). The van der Waals surface area contributed by atoms with E-state index < -0.39 is 0 Å². The molecule has 0 spiro atoms. The maximum atomic E-state index is 6.08. The Morgan fingerprint density at radius 3 is 2.58 bits per heavy atom. The van der Waals surface area contributed by atoms with E-state index in [1.807, 2.05) is 51.1 Å². The zero-order chi connectivity index (χ0) is 18.7. The van der Waals surface area contributed by atoms with Crippen LogP contribution < -0.4 is 5.32 Å². The molecule has 0 saturated carbocycles. The maximum absolute atomic E-state index is 6.08. The monoisotopic (exact) mass is 387 g/mol. The van der Waals surface area contributed by atoms with Crippen LogP contribution >= 0.6 is 23.2 Å². The number of hydrogen-bond acceptors (Lipinski definition) is 4. The molecule has 1 aromatic heterocycles. The molecule has 2 aromatic carbocycles. The second kappa shape index (κ2) is 7.94. The summed E-state index contributed by atoms with van der Waals surface area (Å²) in [6, 6.07) is 13.4. The maximum Gasteiger partial charge on any atom is 0.138 e. The number of aliphatic imine (C=N–C) groups is 1. The number of anilines is 1. The van der Waals surface area contributed by atoms with Crippen LogP contribution in [0.15, 0.2) is 52.0 Å². The molecule has 3 aromatic rings. The van der Waals surface area contributed by atoms with E-state index in [1.54, 1.807) is 12.1 Å². The zero-order valence-electron chi connectivity index (χ0n) is 14.8. The Balaban J connectivity index is 1.86. The van der Waals surface area contributed by atoms with E-state index in [9.17, 15) is 0 Å². The average Bonchev–Trinajstić information content (AvgIpc) is 2.94. The van der Waals surface area contributed by atoms with Gasteiger partial charge in [-0.25, -0.2) is 0 Å². The van der Waals surface area contributed by atoms with Crippen LogP contribution in [0.3, 0.4) is 0 Å². The number of nitrogens with one attached hydrogen (secondary N) is 1. The molecule has 26 heavy (non-hydrogen) atoms. The van der Waals surface area contributed by atoms with Crippen molar-refractivity contribution in [1.29, 1.82) is 0 Å². The van der Waals surface area contributed by atoms with Gasteiger partial charge < -0.3 is 9.84 Å². The fraction of sp³-hybridized carbons (Fsp3) is 0.200. The number of hydrogen-bond donors (Lipinski definition) is 1. The minimum absolute atomic E-state index is 0.491. The average molecular weight is 388 g/mol. The third-order valence-electron chi connectivity index (χ3n) is 4.15. The SMILES string of the molecule is CC(=Nc1ccc(Cl)c(Cl)c1)c1ccccc1NCc1c(C)noc1C. The van der Waals surface area contributed by atoms with Crippen LogP contribution in [0.1, 0.15) is 29.5 Å². The summed E-state index contributed by atoms with van der Waals surface area (Å²) < 4.78 is 5.22. The number of nitrogens with zero attached hydrogens (tertiary/aromatic N) is 2. The van der Waals surface area contributed by atoms with Gasteiger partial charge in [0.25, 0.3) is 0 Å². The summed E-state index contributed by atoms with van der Waals surface area (Å²) in [5, 5.41) is 8.46. The van der Waals surface area contributed by atoms with Crippen molar-refractivity contribution in [3.8, 4) is 0 Å². The highest BCUT2D eigenvalue weighted by Crippen LogP contribution is 2.28. The first-order chi connectivity index (χ1) is 12.5. The van der Waals surface area contributed by atoms with Crippen molar-refractivity contribution >= 4 is 40.3 Å². The lowest BCUT2D eigenvalue weighted by molar-refractivity contribution is 0.392. The predicted molar refractivity (Wildman–Crippen MR) is 108 cm³/mol. The van der Waals surface area contributed by atoms with Crippen molar-refractivity contribution in [2.24, 2.45) is 4.99 Å². The number of aryl methyl sites for hydroxylation is 2. The largest absolute Gasteiger partial charge is 0.380 e. The molecule has 6 heteroatoms. The Morgan fingerprint density at radius 1 is 1.12 bits per heavy atom. The molecule has 0 aliphatic carbocycles. The highest BCUT2D eigenvalue weighted by atomic mass is 35.5. The second-order valence-electron chi connectivity index (χ2n) is 6.00. The minimum Gasteiger partial charge on any atom is -0.380 e. The van der Waals surface area contributed by atoms with E-state index in [0.717, 1.165) is 39.7 Å². The van der Waals surface area contributed by atoms with E-state index in [0.29, 0.717) is 16.6 Å². The summed E-state index contributed by atoms with van der Waals surface area (Å²) in [5.74, 6) is 0.827. The first-order valence-corrected chi connectivity index (χ1v) is 8.96. The van der Waals surface area contributed by atoms with E-state index in [1.165, 1.54) is 0 Å². The van der Waals surface area contributed by atoms with Gasteiger partial charge in [-0.3, -0.25) is 4.99 Å². The Bertz CT molecular complexity index is 944. The van der Waals surface area contributed by atoms with E-state index in [4.69, 9.17) is 27.7 Å². The third kappa shape index (κ3) is 4.09. The number of para-hydroxylation sites is 1. The van der Waals surface area contributed by atoms with Gasteiger partial charge in [0.1, 0.15) is 5.76 Å². The normalized spacial score (nSPS) is 11.7. The summed E-state index contributed by atoms with van der Waals surface area (Å²) in [4.78, 5) is 4.67. The summed E-state index contributed by atoms with van der Waals surface area (Å²) >= 11 is 12.1. The van der Waals surface area contributed by atoms with Crippen LogP contribution in [0.25, 0.3) is 0 Å². The molecule has 0 atom stereocenters. The molecule has 0 bridgehead atoms. The standard InChI is InChI=1S/C20H19Cl2N3O/c1-12(24-15-8-9-18(21)19(22)10-15)16-6-4-5-7-20(16)23-11-17-13(2)25-26-14(17)3/h4-10,23H,11H2,1-3H3. The quantitative estimate of drug-likeness (QED) is 0.518. The number of benzene rings is 2. The third-order valence-corrected chi connectivity index (χ3v) is 4.89. The van der Waals surface area contributed by atoms with Crippen molar-refractivity contribution in [2.45, 2.75) is 27.3 Å². The number of rotatable bonds is 5. The molecule has 0 aliphatic rings. The van der Waals surface area contributed by atoms with Gasteiger partial charge in [-0.15, -0.1) is 0 Å². The predicted octanol–water partition coefficient (Wildman–Crippen LogP) is 6.35. The van der Waals surface area contributed by atoms with Crippen molar-refractivity contribution in [3.05, 3.63) is 75.1 Å². The Labute approximate surface area is 162 Å². The van der Waals surface area contributed by atoms with Gasteiger partial charge in [0.05, 0.1) is 21.4 Å². The molecule has 0 aliphatic heterocycles. The van der Waals surface area contributed by atoms with Gasteiger partial charge in [-0.1, -0.05) is 46.6 Å². The number of aromatic nitrogens is 1. The van der Waals surface area contributed by atoms with Gasteiger partial charge in [-0.05, 0) is 45.0 Å². The summed E-state index contributed by atoms with van der Waals surface area (Å²) in [5.41, 5.74) is 5.62. The molecule has 4 nitrogen and oxygen atoms in total. The fourth-order valence-corrected chi connectivity index (χ4v) is 2.99. The van der Waals surface area contributed by atoms with Crippen LogP contribution in [-0.2, 0) is 6.54 Å². The summed E-state index contributed by atoms with van der Waals surface area (Å²) in [6.07, 6.45) is 0. The molecule has 0 fully saturated rings. The topological polar surface area (TPSA) is 50.4 Å². The van der Waals surface area contributed by atoms with Gasteiger partial charge in [0.15, 0.2) is 0 Å². The van der Waals surface area contributed by atoms with E-state index in [2.05, 4.69) is 15.5 Å². The smallest absolute Gasteiger partial charge is 0.138 e. The second-order valence-corrected chi connectivity index (χ2v) is 6.81. The van der Waals surface area contributed by atoms with Crippen LogP contribution in [0.2, 0.25) is 10.0 Å². The fourth-order valence-electron chi connectivity index (χ4n) is 2.70. The van der Waals surface area contributed by atoms with Crippen LogP contribution in [0.5, 0.6) is 0 Å².